The van der Waals surface area contributed by atoms with Crippen LogP contribution in [0, 0.1) is 56.7 Å². The highest BCUT2D eigenvalue weighted by molar-refractivity contribution is 5.67. The van der Waals surface area contributed by atoms with Crippen molar-refractivity contribution in [3.63, 3.8) is 0 Å². The molecular formula is C30H49NO2. The highest BCUT2D eigenvalue weighted by Crippen LogP contribution is 2.77. The van der Waals surface area contributed by atoms with E-state index >= 15 is 0 Å². The molecule has 0 heterocycles. The van der Waals surface area contributed by atoms with Crippen molar-refractivity contribution in [1.82, 2.24) is 0 Å². The van der Waals surface area contributed by atoms with Crippen LogP contribution in [0.1, 0.15) is 106 Å². The van der Waals surface area contributed by atoms with Crippen molar-refractivity contribution in [2.75, 3.05) is 0 Å². The molecule has 5 fully saturated rings. The standard InChI is InChI=1S/C30H49NO2/c1-19(2)20-10-15-30(18-31-33)17-16-28(6)21(25(20)30)8-9-23-27(5)13-12-24(32)26(3,4)22(27)11-14-29(23,28)7/h18,20-25,32-33H,1,8-17H2,2-7H3/b31-18+/t20-,21+,22-,23-,24-,25-,27-,28+,29+,30-/m0/s1. The first-order chi connectivity index (χ1) is 15.4. The number of aliphatic hydroxyl groups is 1. The molecule has 3 heteroatoms. The van der Waals surface area contributed by atoms with Crippen molar-refractivity contribution in [2.24, 2.45) is 61.8 Å². The summed E-state index contributed by atoms with van der Waals surface area (Å²) < 4.78 is 0. The lowest BCUT2D eigenvalue weighted by Gasteiger charge is -2.72. The van der Waals surface area contributed by atoms with Gasteiger partial charge in [0.25, 0.3) is 0 Å². The monoisotopic (exact) mass is 455 g/mol. The minimum absolute atomic E-state index is 0.0158. The van der Waals surface area contributed by atoms with Gasteiger partial charge in [-0.1, -0.05) is 46.8 Å². The Labute approximate surface area is 202 Å². The summed E-state index contributed by atoms with van der Waals surface area (Å²) in [6, 6.07) is 0. The molecule has 33 heavy (non-hydrogen) atoms. The van der Waals surface area contributed by atoms with Gasteiger partial charge in [-0.25, -0.2) is 0 Å². The van der Waals surface area contributed by atoms with E-state index in [2.05, 4.69) is 53.3 Å². The third kappa shape index (κ3) is 2.87. The number of allylic oxidation sites excluding steroid dienone is 1. The summed E-state index contributed by atoms with van der Waals surface area (Å²) in [5.74, 6) is 3.16. The van der Waals surface area contributed by atoms with E-state index in [1.807, 2.05) is 6.21 Å². The maximum absolute atomic E-state index is 10.9. The van der Waals surface area contributed by atoms with Gasteiger partial charge in [-0.2, -0.15) is 0 Å². The van der Waals surface area contributed by atoms with Crippen molar-refractivity contribution >= 4 is 6.21 Å². The summed E-state index contributed by atoms with van der Waals surface area (Å²) in [5, 5.41) is 24.2. The van der Waals surface area contributed by atoms with Crippen molar-refractivity contribution in [2.45, 2.75) is 112 Å². The predicted molar refractivity (Wildman–Crippen MR) is 135 cm³/mol. The Balaban J connectivity index is 1.56. The number of hydrogen-bond donors (Lipinski definition) is 2. The predicted octanol–water partition coefficient (Wildman–Crippen LogP) is 7.46. The van der Waals surface area contributed by atoms with Crippen molar-refractivity contribution in [3.05, 3.63) is 12.2 Å². The van der Waals surface area contributed by atoms with Crippen LogP contribution >= 0.6 is 0 Å². The summed E-state index contributed by atoms with van der Waals surface area (Å²) in [6.07, 6.45) is 13.9. The van der Waals surface area contributed by atoms with Crippen molar-refractivity contribution in [3.8, 4) is 0 Å². The van der Waals surface area contributed by atoms with Gasteiger partial charge in [0, 0.05) is 5.41 Å². The average molecular weight is 456 g/mol. The lowest BCUT2D eigenvalue weighted by atomic mass is 9.32. The fourth-order valence-corrected chi connectivity index (χ4v) is 11.5. The maximum Gasteiger partial charge on any atom is 0.0594 e. The molecule has 0 aliphatic heterocycles. The third-order valence-electron chi connectivity index (χ3n) is 13.4. The topological polar surface area (TPSA) is 52.8 Å². The van der Waals surface area contributed by atoms with Gasteiger partial charge in [0.1, 0.15) is 0 Å². The minimum atomic E-state index is -0.158. The van der Waals surface area contributed by atoms with Crippen LogP contribution in [0.25, 0.3) is 0 Å². The Bertz CT molecular complexity index is 848. The summed E-state index contributed by atoms with van der Waals surface area (Å²) in [7, 11) is 0. The second-order valence-corrected chi connectivity index (χ2v) is 14.5. The zero-order valence-corrected chi connectivity index (χ0v) is 22.2. The Kier molecular flexibility index (Phi) is 5.31. The van der Waals surface area contributed by atoms with E-state index in [0.717, 1.165) is 25.2 Å². The van der Waals surface area contributed by atoms with Crippen LogP contribution in [-0.2, 0) is 0 Å². The molecule has 0 aromatic carbocycles. The second-order valence-electron chi connectivity index (χ2n) is 14.5. The molecule has 5 saturated carbocycles. The summed E-state index contributed by atoms with van der Waals surface area (Å²) >= 11 is 0. The average Bonchev–Trinajstić information content (AvgIpc) is 3.12. The Morgan fingerprint density at radius 3 is 2.24 bits per heavy atom. The number of fused-ring (bicyclic) bond motifs is 7. The first kappa shape index (κ1) is 23.9. The van der Waals surface area contributed by atoms with Crippen LogP contribution in [0.2, 0.25) is 0 Å². The Morgan fingerprint density at radius 2 is 1.58 bits per heavy atom. The van der Waals surface area contributed by atoms with Gasteiger partial charge in [0.15, 0.2) is 0 Å². The Morgan fingerprint density at radius 1 is 0.848 bits per heavy atom. The third-order valence-corrected chi connectivity index (χ3v) is 13.4. The van der Waals surface area contributed by atoms with Crippen molar-refractivity contribution < 1.29 is 10.3 Å². The highest BCUT2D eigenvalue weighted by atomic mass is 16.4. The summed E-state index contributed by atoms with van der Waals surface area (Å²) in [6.45, 7) is 19.3. The molecule has 0 radical (unpaired) electrons. The molecule has 5 rings (SSSR count). The van der Waals surface area contributed by atoms with Gasteiger partial charge >= 0.3 is 0 Å². The first-order valence-electron chi connectivity index (χ1n) is 13.9. The SMILES string of the molecule is C=C(C)[C@@H]1CC[C@@]2(/C=N/O)CC[C@]3(C)[C@H](CC[C@H]4[C@@]5(C)CC[C@H](O)C(C)(C)[C@@H]5CC[C@]43C)[C@H]12. The molecule has 0 unspecified atom stereocenters. The number of aliphatic hydroxyl groups excluding tert-OH is 1. The maximum atomic E-state index is 10.9. The van der Waals surface area contributed by atoms with Crippen LogP contribution < -0.4 is 0 Å². The largest absolute Gasteiger partial charge is 0.411 e. The van der Waals surface area contributed by atoms with Gasteiger partial charge in [0.05, 0.1) is 12.3 Å². The van der Waals surface area contributed by atoms with E-state index in [9.17, 15) is 10.3 Å². The summed E-state index contributed by atoms with van der Waals surface area (Å²) in [4.78, 5) is 0. The van der Waals surface area contributed by atoms with Gasteiger partial charge in [0.2, 0.25) is 0 Å². The molecule has 0 aromatic heterocycles. The zero-order chi connectivity index (χ0) is 24.0. The van der Waals surface area contributed by atoms with Crippen LogP contribution in [0.15, 0.2) is 17.3 Å². The van der Waals surface area contributed by atoms with E-state index in [4.69, 9.17) is 0 Å². The highest BCUT2D eigenvalue weighted by Gasteiger charge is 2.70. The van der Waals surface area contributed by atoms with Gasteiger partial charge in [-0.05, 0) is 122 Å². The lowest BCUT2D eigenvalue weighted by Crippen LogP contribution is -2.66. The first-order valence-corrected chi connectivity index (χ1v) is 13.9. The van der Waals surface area contributed by atoms with Crippen LogP contribution in [0.5, 0.6) is 0 Å². The quantitative estimate of drug-likeness (QED) is 0.196. The van der Waals surface area contributed by atoms with E-state index < -0.39 is 0 Å². The molecule has 0 aromatic rings. The molecule has 10 atom stereocenters. The number of rotatable bonds is 2. The Hall–Kier alpha value is -0.830. The molecule has 186 valence electrons. The molecule has 2 N–H and O–H groups in total. The molecule has 0 amide bonds. The van der Waals surface area contributed by atoms with E-state index in [-0.39, 0.29) is 16.9 Å². The van der Waals surface area contributed by atoms with Crippen LogP contribution in [0.3, 0.4) is 0 Å². The van der Waals surface area contributed by atoms with Gasteiger partial charge < -0.3 is 10.3 Å². The number of oxime groups is 1. The second kappa shape index (κ2) is 7.34. The zero-order valence-electron chi connectivity index (χ0n) is 22.2. The fraction of sp³-hybridized carbons (Fsp3) is 0.900. The van der Waals surface area contributed by atoms with Crippen LogP contribution in [0.4, 0.5) is 0 Å². The van der Waals surface area contributed by atoms with Gasteiger partial charge in [-0.3, -0.25) is 0 Å². The van der Waals surface area contributed by atoms with Crippen molar-refractivity contribution in [1.29, 1.82) is 0 Å². The molecule has 0 saturated heterocycles. The molecule has 5 aliphatic rings. The summed E-state index contributed by atoms with van der Waals surface area (Å²) in [5.41, 5.74) is 2.40. The normalized spacial score (nSPS) is 55.4. The molecule has 0 bridgehead atoms. The van der Waals surface area contributed by atoms with E-state index in [0.29, 0.717) is 39.9 Å². The van der Waals surface area contributed by atoms with E-state index in [1.54, 1.807) is 0 Å². The molecule has 3 nitrogen and oxygen atoms in total. The minimum Gasteiger partial charge on any atom is -0.411 e. The fourth-order valence-electron chi connectivity index (χ4n) is 11.5. The number of nitrogens with zero attached hydrogens (tertiary/aromatic N) is 1. The number of hydrogen-bond acceptors (Lipinski definition) is 3. The van der Waals surface area contributed by atoms with Gasteiger partial charge in [-0.15, -0.1) is 5.16 Å². The molecule has 0 spiro atoms. The molecular weight excluding hydrogens is 406 g/mol. The van der Waals surface area contributed by atoms with E-state index in [1.165, 1.54) is 50.5 Å². The lowest BCUT2D eigenvalue weighted by molar-refractivity contribution is -0.243. The van der Waals surface area contributed by atoms with Crippen LogP contribution in [-0.4, -0.2) is 22.6 Å². The smallest absolute Gasteiger partial charge is 0.0594 e. The molecule has 5 aliphatic carbocycles.